The van der Waals surface area contributed by atoms with E-state index >= 15 is 0 Å². The Morgan fingerprint density at radius 3 is 2.14 bits per heavy atom. The molecule has 4 N–H and O–H groups in total. The summed E-state index contributed by atoms with van der Waals surface area (Å²) in [5.74, 6) is 0. The molecule has 0 radical (unpaired) electrons. The van der Waals surface area contributed by atoms with Gasteiger partial charge in [-0.15, -0.1) is 0 Å². The summed E-state index contributed by atoms with van der Waals surface area (Å²) in [5, 5.41) is 7.74. The van der Waals surface area contributed by atoms with Gasteiger partial charge in [0, 0.05) is 13.1 Å². The quantitative estimate of drug-likeness (QED) is 0.609. The number of hydroxylamine groups is 1. The van der Waals surface area contributed by atoms with Crippen LogP contribution >= 0.6 is 9.42 Å². The molecule has 0 aliphatic carbocycles. The third-order valence-electron chi connectivity index (χ3n) is 0.256. The van der Waals surface area contributed by atoms with Gasteiger partial charge < -0.3 is 10.9 Å². The molecular weight excluding hydrogens is 299 g/mol. The zero-order valence-corrected chi connectivity index (χ0v) is 6.66. The van der Waals surface area contributed by atoms with Gasteiger partial charge in [-0.05, 0) is 0 Å². The van der Waals surface area contributed by atoms with E-state index in [-0.39, 0.29) is 0 Å². The molecule has 0 aliphatic heterocycles. The SMILES string of the molecule is NCCNO.[Cl][Pt]. The van der Waals surface area contributed by atoms with Crippen molar-refractivity contribution in [3.63, 3.8) is 0 Å². The normalized spacial score (nSPS) is 7.00. The molecule has 0 saturated heterocycles. The summed E-state index contributed by atoms with van der Waals surface area (Å²) in [7, 11) is 4.61. The maximum atomic E-state index is 7.74. The van der Waals surface area contributed by atoms with Gasteiger partial charge in [0.1, 0.15) is 0 Å². The van der Waals surface area contributed by atoms with Crippen molar-refractivity contribution in [3.05, 3.63) is 0 Å². The second-order valence-corrected chi connectivity index (χ2v) is 0.697. The van der Waals surface area contributed by atoms with Crippen molar-refractivity contribution >= 4 is 9.42 Å². The summed E-state index contributed by atoms with van der Waals surface area (Å²) in [6.45, 7) is 0.955. The summed E-state index contributed by atoms with van der Waals surface area (Å²) in [6.07, 6.45) is 0. The number of hydrogen-bond acceptors (Lipinski definition) is 3. The fraction of sp³-hybridized carbons (Fsp3) is 1.00. The van der Waals surface area contributed by atoms with Crippen LogP contribution < -0.4 is 11.2 Å². The zero-order valence-electron chi connectivity index (χ0n) is 3.63. The molecule has 3 nitrogen and oxygen atoms in total. The maximum absolute atomic E-state index is 7.74. The van der Waals surface area contributed by atoms with Gasteiger partial charge >= 0.3 is 28.2 Å². The Hall–Kier alpha value is 0.858. The van der Waals surface area contributed by atoms with Gasteiger partial charge in [0.05, 0.1) is 0 Å². The summed E-state index contributed by atoms with van der Waals surface area (Å²) < 4.78 is 0. The molecule has 0 aromatic heterocycles. The fourth-order valence-electron chi connectivity index (χ4n) is 0.0645. The van der Waals surface area contributed by atoms with Gasteiger partial charge in [-0.3, -0.25) is 0 Å². The minimum absolute atomic E-state index is 0.472. The zero-order chi connectivity index (χ0) is 6.12. The average molecular weight is 307 g/mol. The monoisotopic (exact) mass is 306 g/mol. The molecule has 0 unspecified atom stereocenters. The Kier molecular flexibility index (Phi) is 24.3. The molecular formula is C2H8ClN2OPt. The summed E-state index contributed by atoms with van der Waals surface area (Å²) in [4.78, 5) is 0. The van der Waals surface area contributed by atoms with E-state index in [2.05, 4.69) is 9.42 Å². The van der Waals surface area contributed by atoms with Gasteiger partial charge in [-0.25, -0.2) is 5.48 Å². The van der Waals surface area contributed by atoms with Crippen LogP contribution in [0.4, 0.5) is 0 Å². The van der Waals surface area contributed by atoms with Crippen molar-refractivity contribution in [2.24, 2.45) is 5.73 Å². The predicted molar refractivity (Wildman–Crippen MR) is 24.7 cm³/mol. The van der Waals surface area contributed by atoms with E-state index in [1.165, 1.54) is 0 Å². The standard InChI is InChI=1S/C2H8N2O.ClH.Pt/c3-1-2-4-5;;/h4-5H,1-3H2;1H;/q;;+1/p-1. The summed E-state index contributed by atoms with van der Waals surface area (Å²) in [6, 6.07) is 0. The Labute approximate surface area is 58.0 Å². The molecule has 0 aliphatic rings. The minimum atomic E-state index is 0.472. The van der Waals surface area contributed by atoms with E-state index < -0.39 is 0 Å². The average Bonchev–Trinajstić information content (AvgIpc) is 1.75. The van der Waals surface area contributed by atoms with Gasteiger partial charge in [0.2, 0.25) is 0 Å². The van der Waals surface area contributed by atoms with E-state index in [0.29, 0.717) is 13.1 Å². The molecule has 0 amide bonds. The third-order valence-corrected chi connectivity index (χ3v) is 0.256. The van der Waals surface area contributed by atoms with Crippen LogP contribution in [-0.2, 0) is 18.8 Å². The van der Waals surface area contributed by atoms with Crippen LogP contribution in [0.2, 0.25) is 0 Å². The van der Waals surface area contributed by atoms with Crippen molar-refractivity contribution in [3.8, 4) is 0 Å². The van der Waals surface area contributed by atoms with Crippen molar-refractivity contribution in [1.82, 2.24) is 5.48 Å². The first-order valence-electron chi connectivity index (χ1n) is 1.60. The predicted octanol–water partition coefficient (Wildman–Crippen LogP) is -0.389. The number of hydrogen-bond donors (Lipinski definition) is 3. The third kappa shape index (κ3) is 19.8. The Morgan fingerprint density at radius 1 is 1.71 bits per heavy atom. The number of rotatable bonds is 2. The van der Waals surface area contributed by atoms with Crippen LogP contribution in [0.25, 0.3) is 0 Å². The Balaban J connectivity index is 0. The fourth-order valence-corrected chi connectivity index (χ4v) is 0.0645. The van der Waals surface area contributed by atoms with E-state index in [1.54, 1.807) is 18.8 Å². The van der Waals surface area contributed by atoms with Gasteiger partial charge in [0.25, 0.3) is 0 Å². The van der Waals surface area contributed by atoms with Crippen LogP contribution in [0.1, 0.15) is 0 Å². The second kappa shape index (κ2) is 15.8. The molecule has 0 aromatic carbocycles. The van der Waals surface area contributed by atoms with E-state index in [0.717, 1.165) is 0 Å². The Morgan fingerprint density at radius 2 is 2.14 bits per heavy atom. The summed E-state index contributed by atoms with van der Waals surface area (Å²) in [5.41, 5.74) is 6.81. The number of nitrogens with two attached hydrogens (primary N) is 1. The molecule has 0 rings (SSSR count). The van der Waals surface area contributed by atoms with E-state index in [9.17, 15) is 0 Å². The van der Waals surface area contributed by atoms with Crippen molar-refractivity contribution < 1.29 is 24.0 Å². The van der Waals surface area contributed by atoms with Crippen molar-refractivity contribution in [2.75, 3.05) is 13.1 Å². The van der Waals surface area contributed by atoms with Crippen LogP contribution in [0.5, 0.6) is 0 Å². The molecule has 0 spiro atoms. The van der Waals surface area contributed by atoms with Crippen molar-refractivity contribution in [2.45, 2.75) is 0 Å². The molecule has 0 atom stereocenters. The summed E-state index contributed by atoms with van der Waals surface area (Å²) >= 11 is 1.61. The molecule has 0 aromatic rings. The molecule has 0 heterocycles. The van der Waals surface area contributed by atoms with Crippen LogP contribution in [-0.4, -0.2) is 18.3 Å². The first-order valence-corrected chi connectivity index (χ1v) is 4.42. The van der Waals surface area contributed by atoms with Gasteiger partial charge in [-0.2, -0.15) is 0 Å². The first-order chi connectivity index (χ1) is 3.41. The molecule has 49 valence electrons. The van der Waals surface area contributed by atoms with E-state index in [4.69, 9.17) is 10.9 Å². The van der Waals surface area contributed by atoms with E-state index in [1.807, 2.05) is 5.48 Å². The van der Waals surface area contributed by atoms with Crippen LogP contribution in [0, 0.1) is 0 Å². The van der Waals surface area contributed by atoms with Gasteiger partial charge in [-0.1, -0.05) is 0 Å². The second-order valence-electron chi connectivity index (χ2n) is 0.697. The first kappa shape index (κ1) is 10.8. The number of halogens is 1. The molecule has 0 saturated carbocycles. The molecule has 0 bridgehead atoms. The Bertz CT molecular complexity index is 23.2. The van der Waals surface area contributed by atoms with Crippen molar-refractivity contribution in [1.29, 1.82) is 0 Å². The molecule has 5 heteroatoms. The van der Waals surface area contributed by atoms with Gasteiger partial charge in [0.15, 0.2) is 0 Å². The number of nitrogens with one attached hydrogen (secondary N) is 1. The van der Waals surface area contributed by atoms with Crippen LogP contribution in [0.3, 0.4) is 0 Å². The molecule has 0 fully saturated rings. The molecule has 7 heavy (non-hydrogen) atoms. The van der Waals surface area contributed by atoms with Crippen LogP contribution in [0.15, 0.2) is 0 Å². The topological polar surface area (TPSA) is 58.3 Å².